The van der Waals surface area contributed by atoms with E-state index >= 15 is 0 Å². The molecule has 0 bridgehead atoms. The Balaban J connectivity index is 2.87. The summed E-state index contributed by atoms with van der Waals surface area (Å²) in [6.07, 6.45) is 3.50. The Hall–Kier alpha value is -0.870. The van der Waals surface area contributed by atoms with Gasteiger partial charge in [0, 0.05) is 4.47 Å². The molecule has 0 spiro atoms. The van der Waals surface area contributed by atoms with Crippen molar-refractivity contribution in [3.05, 3.63) is 34.3 Å². The minimum Gasteiger partial charge on any atom is -0.390 e. The minimum absolute atomic E-state index is 0.0196. The molecule has 0 saturated carbocycles. The lowest BCUT2D eigenvalue weighted by Gasteiger charge is -2.06. The first-order valence-corrected chi connectivity index (χ1v) is 4.74. The van der Waals surface area contributed by atoms with Gasteiger partial charge in [0.25, 0.3) is 0 Å². The van der Waals surface area contributed by atoms with Gasteiger partial charge in [-0.05, 0) is 18.6 Å². The monoisotopic (exact) mass is 240 g/mol. The number of aliphatic hydroxyl groups is 1. The molecule has 0 fully saturated rings. The molecular formula is C9H9BrN2O. The van der Waals surface area contributed by atoms with E-state index < -0.39 is 0 Å². The van der Waals surface area contributed by atoms with Gasteiger partial charge in [0.2, 0.25) is 0 Å². The Morgan fingerprint density at radius 2 is 2.38 bits per heavy atom. The van der Waals surface area contributed by atoms with E-state index in [4.69, 9.17) is 5.11 Å². The molecule has 0 saturated heterocycles. The van der Waals surface area contributed by atoms with Crippen molar-refractivity contribution in [1.82, 2.24) is 9.38 Å². The second-order valence-electron chi connectivity index (χ2n) is 2.92. The number of imidazole rings is 1. The Morgan fingerprint density at radius 1 is 1.62 bits per heavy atom. The molecule has 0 atom stereocenters. The molecule has 2 rings (SSSR count). The molecule has 3 nitrogen and oxygen atoms in total. The first-order chi connectivity index (χ1) is 6.24. The summed E-state index contributed by atoms with van der Waals surface area (Å²) >= 11 is 3.44. The second kappa shape index (κ2) is 3.12. The van der Waals surface area contributed by atoms with Gasteiger partial charge in [-0.15, -0.1) is 0 Å². The molecule has 1 N–H and O–H groups in total. The molecule has 0 radical (unpaired) electrons. The van der Waals surface area contributed by atoms with Crippen LogP contribution < -0.4 is 0 Å². The van der Waals surface area contributed by atoms with Crippen LogP contribution in [-0.2, 0) is 6.61 Å². The van der Waals surface area contributed by atoms with Crippen molar-refractivity contribution in [2.24, 2.45) is 0 Å². The van der Waals surface area contributed by atoms with Crippen LogP contribution in [0.5, 0.6) is 0 Å². The fourth-order valence-corrected chi connectivity index (χ4v) is 1.84. The maximum atomic E-state index is 9.10. The normalized spacial score (nSPS) is 11.0. The minimum atomic E-state index is 0.0196. The topological polar surface area (TPSA) is 37.5 Å². The van der Waals surface area contributed by atoms with Crippen LogP contribution in [0.25, 0.3) is 5.52 Å². The zero-order valence-electron chi connectivity index (χ0n) is 7.16. The van der Waals surface area contributed by atoms with Crippen LogP contribution in [0.15, 0.2) is 23.1 Å². The molecule has 0 aliphatic rings. The van der Waals surface area contributed by atoms with Gasteiger partial charge in [-0.3, -0.25) is 0 Å². The van der Waals surface area contributed by atoms with Crippen molar-refractivity contribution in [2.45, 2.75) is 13.5 Å². The van der Waals surface area contributed by atoms with E-state index in [0.717, 1.165) is 21.2 Å². The summed E-state index contributed by atoms with van der Waals surface area (Å²) in [6.45, 7) is 2.04. The highest BCUT2D eigenvalue weighted by atomic mass is 79.9. The highest BCUT2D eigenvalue weighted by Crippen LogP contribution is 2.22. The number of hydrogen-bond donors (Lipinski definition) is 1. The summed E-state index contributed by atoms with van der Waals surface area (Å²) in [5.74, 6) is 0. The fourth-order valence-electron chi connectivity index (χ4n) is 1.37. The van der Waals surface area contributed by atoms with Gasteiger partial charge in [-0.2, -0.15) is 0 Å². The summed E-state index contributed by atoms with van der Waals surface area (Å²) in [7, 11) is 0. The van der Waals surface area contributed by atoms with Crippen molar-refractivity contribution < 1.29 is 5.11 Å². The third-order valence-corrected chi connectivity index (χ3v) is 2.97. The predicted molar refractivity (Wildman–Crippen MR) is 53.6 cm³/mol. The average Bonchev–Trinajstić information content (AvgIpc) is 2.60. The van der Waals surface area contributed by atoms with Crippen molar-refractivity contribution in [2.75, 3.05) is 0 Å². The van der Waals surface area contributed by atoms with Crippen LogP contribution in [0, 0.1) is 6.92 Å². The van der Waals surface area contributed by atoms with E-state index in [1.807, 2.05) is 17.4 Å². The van der Waals surface area contributed by atoms with Gasteiger partial charge in [0.1, 0.15) is 0 Å². The molecule has 68 valence electrons. The number of hydrogen-bond acceptors (Lipinski definition) is 2. The lowest BCUT2D eigenvalue weighted by Crippen LogP contribution is -1.97. The molecule has 2 heterocycles. The van der Waals surface area contributed by atoms with E-state index in [1.54, 1.807) is 12.5 Å². The van der Waals surface area contributed by atoms with Crippen LogP contribution in [-0.4, -0.2) is 14.5 Å². The number of aromatic nitrogens is 2. The van der Waals surface area contributed by atoms with Gasteiger partial charge in [-0.25, -0.2) is 4.98 Å². The average molecular weight is 241 g/mol. The first kappa shape index (κ1) is 8.72. The van der Waals surface area contributed by atoms with Crippen molar-refractivity contribution in [3.63, 3.8) is 0 Å². The van der Waals surface area contributed by atoms with E-state index in [-0.39, 0.29) is 6.61 Å². The molecule has 0 aliphatic carbocycles. The summed E-state index contributed by atoms with van der Waals surface area (Å²) in [5.41, 5.74) is 3.00. The molecule has 0 unspecified atom stereocenters. The Morgan fingerprint density at radius 3 is 3.08 bits per heavy atom. The highest BCUT2D eigenvalue weighted by molar-refractivity contribution is 9.10. The number of aliphatic hydroxyl groups excluding tert-OH is 1. The fraction of sp³-hybridized carbons (Fsp3) is 0.222. The zero-order valence-corrected chi connectivity index (χ0v) is 8.74. The molecule has 0 amide bonds. The largest absolute Gasteiger partial charge is 0.390 e. The predicted octanol–water partition coefficient (Wildman–Crippen LogP) is 1.90. The summed E-state index contributed by atoms with van der Waals surface area (Å²) in [5, 5.41) is 9.10. The first-order valence-electron chi connectivity index (χ1n) is 3.95. The van der Waals surface area contributed by atoms with E-state index in [2.05, 4.69) is 20.9 Å². The summed E-state index contributed by atoms with van der Waals surface area (Å²) in [4.78, 5) is 4.04. The highest BCUT2D eigenvalue weighted by Gasteiger charge is 2.06. The summed E-state index contributed by atoms with van der Waals surface area (Å²) in [6, 6.07) is 1.91. The number of fused-ring (bicyclic) bond motifs is 1. The van der Waals surface area contributed by atoms with Crippen molar-refractivity contribution >= 4 is 21.4 Å². The summed E-state index contributed by atoms with van der Waals surface area (Å²) < 4.78 is 2.89. The number of halogens is 1. The molecule has 0 aliphatic heterocycles. The standard InChI is InChI=1S/C9H9BrN2O/c1-6-8(10)2-7(4-13)12-5-11-3-9(6)12/h2-3,5,13H,4H2,1H3. The quantitative estimate of drug-likeness (QED) is 0.827. The second-order valence-corrected chi connectivity index (χ2v) is 3.77. The van der Waals surface area contributed by atoms with Crippen LogP contribution in [0.3, 0.4) is 0 Å². The smallest absolute Gasteiger partial charge is 0.0995 e. The number of pyridine rings is 1. The maximum Gasteiger partial charge on any atom is 0.0995 e. The van der Waals surface area contributed by atoms with Crippen LogP contribution in [0.4, 0.5) is 0 Å². The van der Waals surface area contributed by atoms with Crippen LogP contribution in [0.2, 0.25) is 0 Å². The molecular weight excluding hydrogens is 232 g/mol. The van der Waals surface area contributed by atoms with E-state index in [9.17, 15) is 0 Å². The third kappa shape index (κ3) is 1.26. The van der Waals surface area contributed by atoms with Gasteiger partial charge < -0.3 is 9.51 Å². The Bertz CT molecular complexity index is 450. The molecule has 4 heteroatoms. The van der Waals surface area contributed by atoms with E-state index in [1.165, 1.54) is 0 Å². The molecule has 2 aromatic rings. The number of aryl methyl sites for hydroxylation is 1. The number of nitrogens with zero attached hydrogens (tertiary/aromatic N) is 2. The maximum absolute atomic E-state index is 9.10. The SMILES string of the molecule is Cc1c(Br)cc(CO)n2cncc12. The van der Waals surface area contributed by atoms with Crippen molar-refractivity contribution in [1.29, 1.82) is 0 Å². The Kier molecular flexibility index (Phi) is 2.09. The van der Waals surface area contributed by atoms with Gasteiger partial charge in [0.15, 0.2) is 0 Å². The zero-order chi connectivity index (χ0) is 9.42. The van der Waals surface area contributed by atoms with Gasteiger partial charge in [-0.1, -0.05) is 15.9 Å². The van der Waals surface area contributed by atoms with E-state index in [0.29, 0.717) is 0 Å². The Labute approximate surface area is 84.2 Å². The molecule has 13 heavy (non-hydrogen) atoms. The van der Waals surface area contributed by atoms with Crippen LogP contribution >= 0.6 is 15.9 Å². The number of rotatable bonds is 1. The molecule has 2 aromatic heterocycles. The molecule has 0 aromatic carbocycles. The van der Waals surface area contributed by atoms with Gasteiger partial charge in [0.05, 0.1) is 30.3 Å². The van der Waals surface area contributed by atoms with Crippen LogP contribution in [0.1, 0.15) is 11.3 Å². The lowest BCUT2D eigenvalue weighted by atomic mass is 10.2. The van der Waals surface area contributed by atoms with Gasteiger partial charge >= 0.3 is 0 Å². The lowest BCUT2D eigenvalue weighted by molar-refractivity contribution is 0.275. The third-order valence-electron chi connectivity index (χ3n) is 2.15. The van der Waals surface area contributed by atoms with Crippen molar-refractivity contribution in [3.8, 4) is 0 Å².